The van der Waals surface area contributed by atoms with Crippen molar-refractivity contribution in [2.24, 2.45) is 5.84 Å². The minimum Gasteiger partial charge on any atom is -0.271 e. The van der Waals surface area contributed by atoms with Gasteiger partial charge in [0.25, 0.3) is 0 Å². The van der Waals surface area contributed by atoms with E-state index in [2.05, 4.69) is 15.4 Å². The molecule has 0 saturated heterocycles. The van der Waals surface area contributed by atoms with Crippen LogP contribution < -0.4 is 11.3 Å². The standard InChI is InChI=1S/C13H13F3N4/c14-13(15,16)11-3-5-19-8-10(11)12(20-17)6-9-2-1-4-18-7-9/h1-5,7-8,12,20H,6,17H2. The van der Waals surface area contributed by atoms with Gasteiger partial charge in [-0.15, -0.1) is 0 Å². The van der Waals surface area contributed by atoms with Crippen molar-refractivity contribution in [3.8, 4) is 0 Å². The third-order valence-corrected chi connectivity index (χ3v) is 2.90. The molecule has 0 fully saturated rings. The average molecular weight is 282 g/mol. The molecule has 20 heavy (non-hydrogen) atoms. The Morgan fingerprint density at radius 2 is 1.90 bits per heavy atom. The Kier molecular flexibility index (Phi) is 4.31. The van der Waals surface area contributed by atoms with Crippen molar-refractivity contribution in [2.75, 3.05) is 0 Å². The lowest BCUT2D eigenvalue weighted by Crippen LogP contribution is -2.31. The molecule has 1 atom stereocenters. The maximum Gasteiger partial charge on any atom is 0.416 e. The summed E-state index contributed by atoms with van der Waals surface area (Å²) < 4.78 is 38.9. The highest BCUT2D eigenvalue weighted by Gasteiger charge is 2.35. The fourth-order valence-corrected chi connectivity index (χ4v) is 1.96. The second-order valence-electron chi connectivity index (χ2n) is 4.25. The molecule has 2 heterocycles. The quantitative estimate of drug-likeness (QED) is 0.667. The molecule has 106 valence electrons. The monoisotopic (exact) mass is 282 g/mol. The fraction of sp³-hybridized carbons (Fsp3) is 0.231. The van der Waals surface area contributed by atoms with Crippen LogP contribution in [0.5, 0.6) is 0 Å². The summed E-state index contributed by atoms with van der Waals surface area (Å²) in [5.74, 6) is 5.40. The number of aromatic nitrogens is 2. The van der Waals surface area contributed by atoms with Crippen molar-refractivity contribution >= 4 is 0 Å². The van der Waals surface area contributed by atoms with Gasteiger partial charge in [0, 0.05) is 30.4 Å². The summed E-state index contributed by atoms with van der Waals surface area (Å²) in [7, 11) is 0. The van der Waals surface area contributed by atoms with Gasteiger partial charge in [0.2, 0.25) is 0 Å². The highest BCUT2D eigenvalue weighted by atomic mass is 19.4. The van der Waals surface area contributed by atoms with Crippen molar-refractivity contribution in [1.29, 1.82) is 0 Å². The predicted molar refractivity (Wildman–Crippen MR) is 67.2 cm³/mol. The van der Waals surface area contributed by atoms with Crippen molar-refractivity contribution in [3.63, 3.8) is 0 Å². The third-order valence-electron chi connectivity index (χ3n) is 2.90. The first kappa shape index (κ1) is 14.4. The number of pyridine rings is 2. The van der Waals surface area contributed by atoms with Gasteiger partial charge < -0.3 is 0 Å². The summed E-state index contributed by atoms with van der Waals surface area (Å²) in [6.45, 7) is 0. The molecule has 2 aromatic rings. The second kappa shape index (κ2) is 5.98. The van der Waals surface area contributed by atoms with E-state index in [1.807, 2.05) is 0 Å². The Balaban J connectivity index is 2.33. The summed E-state index contributed by atoms with van der Waals surface area (Å²) in [5.41, 5.74) is 2.48. The van der Waals surface area contributed by atoms with E-state index in [9.17, 15) is 13.2 Å². The van der Waals surface area contributed by atoms with Gasteiger partial charge in [-0.3, -0.25) is 21.2 Å². The van der Waals surface area contributed by atoms with Crippen LogP contribution in [0.4, 0.5) is 13.2 Å². The number of hydrogen-bond acceptors (Lipinski definition) is 4. The average Bonchev–Trinajstić information content (AvgIpc) is 2.45. The van der Waals surface area contributed by atoms with E-state index in [4.69, 9.17) is 5.84 Å². The lowest BCUT2D eigenvalue weighted by Gasteiger charge is -2.20. The van der Waals surface area contributed by atoms with Crippen LogP contribution in [0, 0.1) is 0 Å². The van der Waals surface area contributed by atoms with Gasteiger partial charge in [-0.25, -0.2) is 0 Å². The first-order valence-electron chi connectivity index (χ1n) is 5.88. The van der Waals surface area contributed by atoms with Crippen LogP contribution in [0.1, 0.15) is 22.7 Å². The maximum atomic E-state index is 13.0. The Labute approximate surface area is 113 Å². The molecule has 0 aliphatic rings. The normalized spacial score (nSPS) is 13.2. The van der Waals surface area contributed by atoms with Crippen molar-refractivity contribution in [2.45, 2.75) is 18.6 Å². The number of alkyl halides is 3. The Morgan fingerprint density at radius 3 is 2.50 bits per heavy atom. The van der Waals surface area contributed by atoms with E-state index in [1.54, 1.807) is 24.5 Å². The molecule has 0 saturated carbocycles. The maximum absolute atomic E-state index is 13.0. The van der Waals surface area contributed by atoms with Crippen LogP contribution in [-0.4, -0.2) is 9.97 Å². The number of hydrogen-bond donors (Lipinski definition) is 2. The molecular formula is C13H13F3N4. The van der Waals surface area contributed by atoms with E-state index in [0.29, 0.717) is 6.42 Å². The summed E-state index contributed by atoms with van der Waals surface area (Å²) in [4.78, 5) is 7.69. The third kappa shape index (κ3) is 3.31. The molecule has 0 aliphatic heterocycles. The number of hydrazine groups is 1. The summed E-state index contributed by atoms with van der Waals surface area (Å²) >= 11 is 0. The molecule has 0 bridgehead atoms. The van der Waals surface area contributed by atoms with Crippen molar-refractivity contribution in [3.05, 3.63) is 59.7 Å². The van der Waals surface area contributed by atoms with E-state index >= 15 is 0 Å². The van der Waals surface area contributed by atoms with E-state index in [1.165, 1.54) is 6.20 Å². The van der Waals surface area contributed by atoms with Gasteiger partial charge >= 0.3 is 6.18 Å². The molecule has 0 aliphatic carbocycles. The van der Waals surface area contributed by atoms with Crippen molar-refractivity contribution in [1.82, 2.24) is 15.4 Å². The Morgan fingerprint density at radius 1 is 1.15 bits per heavy atom. The molecule has 2 aromatic heterocycles. The largest absolute Gasteiger partial charge is 0.416 e. The molecule has 4 nitrogen and oxygen atoms in total. The number of rotatable bonds is 4. The number of nitrogens with two attached hydrogens (primary N) is 1. The summed E-state index contributed by atoms with van der Waals surface area (Å²) in [6, 6.07) is 3.75. The van der Waals surface area contributed by atoms with Gasteiger partial charge in [0.05, 0.1) is 11.6 Å². The molecule has 7 heteroatoms. The number of nitrogens with zero attached hydrogens (tertiary/aromatic N) is 2. The fourth-order valence-electron chi connectivity index (χ4n) is 1.96. The smallest absolute Gasteiger partial charge is 0.271 e. The van der Waals surface area contributed by atoms with Crippen LogP contribution in [0.3, 0.4) is 0 Å². The van der Waals surface area contributed by atoms with Crippen LogP contribution in [-0.2, 0) is 12.6 Å². The zero-order valence-corrected chi connectivity index (χ0v) is 10.4. The van der Waals surface area contributed by atoms with Gasteiger partial charge in [-0.1, -0.05) is 6.07 Å². The highest BCUT2D eigenvalue weighted by molar-refractivity contribution is 5.30. The summed E-state index contributed by atoms with van der Waals surface area (Å²) in [6.07, 6.45) is 1.34. The second-order valence-corrected chi connectivity index (χ2v) is 4.25. The van der Waals surface area contributed by atoms with E-state index in [0.717, 1.165) is 17.8 Å². The van der Waals surface area contributed by atoms with Gasteiger partial charge in [0.15, 0.2) is 0 Å². The van der Waals surface area contributed by atoms with E-state index < -0.39 is 17.8 Å². The minimum atomic E-state index is -4.44. The lowest BCUT2D eigenvalue weighted by atomic mass is 9.97. The Bertz CT molecular complexity index is 557. The van der Waals surface area contributed by atoms with Crippen LogP contribution in [0.15, 0.2) is 43.0 Å². The highest BCUT2D eigenvalue weighted by Crippen LogP contribution is 2.34. The van der Waals surface area contributed by atoms with Crippen LogP contribution >= 0.6 is 0 Å². The molecule has 2 rings (SSSR count). The van der Waals surface area contributed by atoms with Gasteiger partial charge in [-0.05, 0) is 24.1 Å². The molecule has 1 unspecified atom stereocenters. The number of nitrogens with one attached hydrogen (secondary N) is 1. The van der Waals surface area contributed by atoms with Crippen LogP contribution in [0.2, 0.25) is 0 Å². The molecule has 0 spiro atoms. The minimum absolute atomic E-state index is 0.0198. The zero-order chi connectivity index (χ0) is 14.6. The van der Waals surface area contributed by atoms with Gasteiger partial charge in [-0.2, -0.15) is 13.2 Å². The predicted octanol–water partition coefficient (Wildman–Crippen LogP) is 2.24. The molecule has 0 radical (unpaired) electrons. The van der Waals surface area contributed by atoms with Crippen LogP contribution in [0.25, 0.3) is 0 Å². The molecule has 0 amide bonds. The van der Waals surface area contributed by atoms with E-state index in [-0.39, 0.29) is 5.56 Å². The zero-order valence-electron chi connectivity index (χ0n) is 10.4. The topological polar surface area (TPSA) is 63.8 Å². The lowest BCUT2D eigenvalue weighted by molar-refractivity contribution is -0.138. The molecule has 3 N–H and O–H groups in total. The first-order valence-corrected chi connectivity index (χ1v) is 5.88. The van der Waals surface area contributed by atoms with Gasteiger partial charge in [0.1, 0.15) is 0 Å². The molecular weight excluding hydrogens is 269 g/mol. The number of halogens is 3. The SMILES string of the molecule is NNC(Cc1cccnc1)c1cnccc1C(F)(F)F. The Hall–Kier alpha value is -1.99. The molecule has 0 aromatic carbocycles. The first-order chi connectivity index (χ1) is 9.52. The van der Waals surface area contributed by atoms with Crippen molar-refractivity contribution < 1.29 is 13.2 Å². The summed E-state index contributed by atoms with van der Waals surface area (Å²) in [5, 5.41) is 0.